The van der Waals surface area contributed by atoms with Gasteiger partial charge in [-0.05, 0) is 59.5 Å². The van der Waals surface area contributed by atoms with Crippen molar-refractivity contribution in [1.29, 1.82) is 0 Å². The van der Waals surface area contributed by atoms with E-state index in [1.54, 1.807) is 25.1 Å². The first-order valence-corrected chi connectivity index (χ1v) is 8.57. The first kappa shape index (κ1) is 21.0. The van der Waals surface area contributed by atoms with E-state index in [4.69, 9.17) is 11.6 Å². The quantitative estimate of drug-likeness (QED) is 0.387. The number of halogens is 7. The highest BCUT2D eigenvalue weighted by Crippen LogP contribution is 2.40. The smallest absolute Gasteiger partial charge is 0.406 e. The Morgan fingerprint density at radius 1 is 0.897 bits per heavy atom. The average Bonchev–Trinajstić information content (AvgIpc) is 2.59. The van der Waals surface area contributed by atoms with E-state index < -0.39 is 23.9 Å². The van der Waals surface area contributed by atoms with Crippen LogP contribution in [0.15, 0.2) is 54.6 Å². The van der Waals surface area contributed by atoms with E-state index in [1.807, 2.05) is 0 Å². The van der Waals surface area contributed by atoms with E-state index in [9.17, 15) is 26.3 Å². The molecule has 1 nitrogen and oxygen atoms in total. The largest absolute Gasteiger partial charge is 0.573 e. The molecule has 0 aliphatic carbocycles. The van der Waals surface area contributed by atoms with Gasteiger partial charge in [-0.25, -0.2) is 0 Å². The van der Waals surface area contributed by atoms with Crippen LogP contribution in [0.3, 0.4) is 0 Å². The molecule has 0 atom stereocenters. The van der Waals surface area contributed by atoms with E-state index in [0.717, 1.165) is 23.8 Å². The van der Waals surface area contributed by atoms with Crippen molar-refractivity contribution < 1.29 is 31.1 Å². The summed E-state index contributed by atoms with van der Waals surface area (Å²) < 4.78 is 80.3. The molecule has 0 aromatic heterocycles. The molecule has 0 bridgehead atoms. The van der Waals surface area contributed by atoms with Crippen molar-refractivity contribution in [3.05, 3.63) is 76.8 Å². The zero-order chi connectivity index (χ0) is 21.4. The average molecular weight is 430 g/mol. The Morgan fingerprint density at radius 2 is 1.62 bits per heavy atom. The second-order valence-electron chi connectivity index (χ2n) is 6.23. The Morgan fingerprint density at radius 3 is 2.24 bits per heavy atom. The molecular formula is C21H12ClF6O. The highest BCUT2D eigenvalue weighted by atomic mass is 35.5. The van der Waals surface area contributed by atoms with Crippen LogP contribution in [0.4, 0.5) is 26.3 Å². The Kier molecular flexibility index (Phi) is 5.54. The summed E-state index contributed by atoms with van der Waals surface area (Å²) in [6.07, 6.45) is -9.40. The molecule has 3 aromatic carbocycles. The highest BCUT2D eigenvalue weighted by molar-refractivity contribution is 6.33. The predicted octanol–water partition coefficient (Wildman–Crippen LogP) is 7.70. The van der Waals surface area contributed by atoms with Crippen LogP contribution in [-0.2, 0) is 6.18 Å². The maximum absolute atomic E-state index is 12.9. The molecule has 3 aromatic rings. The third-order valence-electron chi connectivity index (χ3n) is 4.03. The summed E-state index contributed by atoms with van der Waals surface area (Å²) in [5, 5.41) is -0.136. The summed E-state index contributed by atoms with van der Waals surface area (Å²) in [4.78, 5) is 0. The van der Waals surface area contributed by atoms with Gasteiger partial charge in [0.15, 0.2) is 0 Å². The third kappa shape index (κ3) is 5.03. The maximum atomic E-state index is 12.9. The predicted molar refractivity (Wildman–Crippen MR) is 97.6 cm³/mol. The number of benzene rings is 3. The molecule has 0 amide bonds. The number of aryl methyl sites for hydroxylation is 1. The van der Waals surface area contributed by atoms with Gasteiger partial charge in [0.05, 0.1) is 5.56 Å². The van der Waals surface area contributed by atoms with Gasteiger partial charge in [0.25, 0.3) is 0 Å². The van der Waals surface area contributed by atoms with Crippen LogP contribution in [0.2, 0.25) is 5.02 Å². The number of ether oxygens (including phenoxy) is 1. The monoisotopic (exact) mass is 429 g/mol. The second kappa shape index (κ2) is 7.63. The van der Waals surface area contributed by atoms with E-state index in [0.29, 0.717) is 22.3 Å². The minimum atomic E-state index is -4.85. The molecule has 151 valence electrons. The van der Waals surface area contributed by atoms with Gasteiger partial charge in [0.1, 0.15) is 5.75 Å². The first-order chi connectivity index (χ1) is 13.4. The molecule has 0 fully saturated rings. The number of hydrogen-bond acceptors (Lipinski definition) is 1. The summed E-state index contributed by atoms with van der Waals surface area (Å²) in [5.74, 6) is -0.423. The molecule has 0 aliphatic heterocycles. The molecule has 3 rings (SSSR count). The van der Waals surface area contributed by atoms with E-state index in [-0.39, 0.29) is 5.02 Å². The van der Waals surface area contributed by atoms with Crippen LogP contribution < -0.4 is 4.74 Å². The van der Waals surface area contributed by atoms with Crippen molar-refractivity contribution >= 4 is 11.6 Å². The lowest BCUT2D eigenvalue weighted by molar-refractivity contribution is -0.274. The summed E-state index contributed by atoms with van der Waals surface area (Å²) >= 11 is 6.11. The van der Waals surface area contributed by atoms with Gasteiger partial charge in [-0.1, -0.05) is 41.9 Å². The van der Waals surface area contributed by atoms with Crippen molar-refractivity contribution in [3.63, 3.8) is 0 Å². The fraction of sp³-hybridized carbons (Fsp3) is 0.143. The van der Waals surface area contributed by atoms with Gasteiger partial charge in [0, 0.05) is 10.6 Å². The van der Waals surface area contributed by atoms with Crippen molar-refractivity contribution in [3.8, 4) is 28.0 Å². The summed E-state index contributed by atoms with van der Waals surface area (Å²) in [5.41, 5.74) is 1.32. The molecule has 0 N–H and O–H groups in total. The summed E-state index contributed by atoms with van der Waals surface area (Å²) in [6, 6.07) is 14.5. The van der Waals surface area contributed by atoms with Gasteiger partial charge in [-0.2, -0.15) is 13.2 Å². The summed E-state index contributed by atoms with van der Waals surface area (Å²) in [6.45, 7) is 1.75. The standard InChI is InChI=1S/C21H12ClF6O/c1-12-5-7-16(13-3-2-4-15(10-13)29-21(26,27)28)18(9-12)17-8-6-14(11-19(17)22)20(23,24)25/h2-6,8-11H,1H3. The van der Waals surface area contributed by atoms with Crippen molar-refractivity contribution in [2.24, 2.45) is 0 Å². The van der Waals surface area contributed by atoms with Gasteiger partial charge in [-0.3, -0.25) is 0 Å². The van der Waals surface area contributed by atoms with Crippen molar-refractivity contribution in [1.82, 2.24) is 0 Å². The summed E-state index contributed by atoms with van der Waals surface area (Å²) in [7, 11) is 0. The van der Waals surface area contributed by atoms with Crippen molar-refractivity contribution in [2.45, 2.75) is 19.5 Å². The topological polar surface area (TPSA) is 9.23 Å². The number of alkyl halides is 6. The lowest BCUT2D eigenvalue weighted by Gasteiger charge is -2.15. The Labute approximate surface area is 167 Å². The van der Waals surface area contributed by atoms with Crippen molar-refractivity contribution in [2.75, 3.05) is 0 Å². The zero-order valence-corrected chi connectivity index (χ0v) is 15.5. The van der Waals surface area contributed by atoms with E-state index >= 15 is 0 Å². The molecule has 8 heteroatoms. The molecule has 0 aliphatic rings. The number of rotatable bonds is 3. The van der Waals surface area contributed by atoms with Crippen LogP contribution in [-0.4, -0.2) is 6.36 Å². The molecule has 29 heavy (non-hydrogen) atoms. The number of hydrogen-bond donors (Lipinski definition) is 0. The third-order valence-corrected chi connectivity index (χ3v) is 4.34. The van der Waals surface area contributed by atoms with Crippen LogP contribution in [0, 0.1) is 13.0 Å². The molecule has 0 saturated carbocycles. The zero-order valence-electron chi connectivity index (χ0n) is 14.8. The first-order valence-electron chi connectivity index (χ1n) is 8.20. The molecule has 0 saturated heterocycles. The van der Waals surface area contributed by atoms with Gasteiger partial charge >= 0.3 is 12.5 Å². The molecule has 0 unspecified atom stereocenters. The molecular weight excluding hydrogens is 418 g/mol. The lowest BCUT2D eigenvalue weighted by atomic mass is 9.92. The molecule has 0 spiro atoms. The molecule has 0 heterocycles. The SMILES string of the molecule is Cc1c[c]c(-c2cccc(OC(F)(F)F)c2)c(-c2ccc(C(F)(F)F)cc2Cl)c1. The fourth-order valence-corrected chi connectivity index (χ4v) is 3.10. The minimum Gasteiger partial charge on any atom is -0.406 e. The van der Waals surface area contributed by atoms with E-state index in [1.165, 1.54) is 18.2 Å². The van der Waals surface area contributed by atoms with Crippen LogP contribution in [0.5, 0.6) is 5.75 Å². The normalized spacial score (nSPS) is 12.1. The van der Waals surface area contributed by atoms with Crippen LogP contribution in [0.1, 0.15) is 11.1 Å². The fourth-order valence-electron chi connectivity index (χ4n) is 2.82. The maximum Gasteiger partial charge on any atom is 0.573 e. The van der Waals surface area contributed by atoms with Crippen LogP contribution >= 0.6 is 11.6 Å². The van der Waals surface area contributed by atoms with Gasteiger partial charge < -0.3 is 4.74 Å². The highest BCUT2D eigenvalue weighted by Gasteiger charge is 2.32. The minimum absolute atomic E-state index is 0.136. The Balaban J connectivity index is 2.12. The Hall–Kier alpha value is -2.67. The molecule has 1 radical (unpaired) electrons. The van der Waals surface area contributed by atoms with Gasteiger partial charge in [-0.15, -0.1) is 13.2 Å². The lowest BCUT2D eigenvalue weighted by Crippen LogP contribution is -2.17. The van der Waals surface area contributed by atoms with Crippen LogP contribution in [0.25, 0.3) is 22.3 Å². The second-order valence-corrected chi connectivity index (χ2v) is 6.64. The van der Waals surface area contributed by atoms with Gasteiger partial charge in [0.2, 0.25) is 0 Å². The Bertz CT molecular complexity index is 1040. The van der Waals surface area contributed by atoms with E-state index in [2.05, 4.69) is 10.8 Å².